The first-order chi connectivity index (χ1) is 34.7. The molecule has 0 radical (unpaired) electrons. The van der Waals surface area contributed by atoms with E-state index in [0.29, 0.717) is 24.7 Å². The minimum Gasteiger partial charge on any atom is -0.444 e. The van der Waals surface area contributed by atoms with Crippen LogP contribution in [0.25, 0.3) is 55.0 Å². The van der Waals surface area contributed by atoms with E-state index in [2.05, 4.69) is 101 Å². The molecule has 2 saturated heterocycles. The van der Waals surface area contributed by atoms with E-state index in [1.165, 1.54) is 0 Å². The van der Waals surface area contributed by atoms with E-state index < -0.39 is 5.60 Å². The Kier molecular flexibility index (Phi) is 12.3. The lowest BCUT2D eigenvalue weighted by Crippen LogP contribution is -2.50. The largest absolute Gasteiger partial charge is 0.444 e. The zero-order valence-electron chi connectivity index (χ0n) is 39.9. The number of benzene rings is 2. The average Bonchev–Trinajstić information content (AvgIpc) is 3.92. The third kappa shape index (κ3) is 9.57. The number of aromatic nitrogens is 8. The predicted octanol–water partition coefficient (Wildman–Crippen LogP) is 9.89. The minimum absolute atomic E-state index is 0.258. The number of para-hydroxylation sites is 2. The number of piperazine rings is 2. The average molecular weight is 943 g/mol. The molecular weight excluding hydrogens is 889 g/mol. The van der Waals surface area contributed by atoms with E-state index in [1.54, 1.807) is 4.90 Å². The lowest BCUT2D eigenvalue weighted by molar-refractivity contribution is 0.0240. The molecule has 12 rings (SSSR count). The van der Waals surface area contributed by atoms with E-state index in [4.69, 9.17) is 4.74 Å². The maximum Gasteiger partial charge on any atom is 0.410 e. The molecule has 2 aliphatic rings. The van der Waals surface area contributed by atoms with E-state index in [9.17, 15) is 4.79 Å². The molecule has 2 aliphatic heterocycles. The van der Waals surface area contributed by atoms with Crippen molar-refractivity contribution >= 4 is 84.4 Å². The van der Waals surface area contributed by atoms with Crippen molar-refractivity contribution in [1.29, 1.82) is 0 Å². The van der Waals surface area contributed by atoms with Gasteiger partial charge in [0.1, 0.15) is 28.9 Å². The van der Waals surface area contributed by atoms with Crippen LogP contribution in [0.4, 0.5) is 39.4 Å². The van der Waals surface area contributed by atoms with Crippen LogP contribution >= 0.6 is 0 Å². The van der Waals surface area contributed by atoms with Crippen LogP contribution in [0.15, 0.2) is 159 Å². The summed E-state index contributed by atoms with van der Waals surface area (Å²) < 4.78 is 9.94. The number of nitrogens with one attached hydrogen (secondary N) is 3. The molecular formula is C55H54N14O2. The summed E-state index contributed by atoms with van der Waals surface area (Å²) in [5, 5.41) is 14.5. The van der Waals surface area contributed by atoms with E-state index in [1.807, 2.05) is 143 Å². The van der Waals surface area contributed by atoms with Crippen molar-refractivity contribution in [2.75, 3.05) is 72.8 Å². The van der Waals surface area contributed by atoms with Crippen molar-refractivity contribution in [2.45, 2.75) is 26.4 Å². The van der Waals surface area contributed by atoms with Crippen molar-refractivity contribution in [2.24, 2.45) is 0 Å². The number of fused-ring (bicyclic) bond motifs is 6. The van der Waals surface area contributed by atoms with E-state index in [-0.39, 0.29) is 6.09 Å². The summed E-state index contributed by atoms with van der Waals surface area (Å²) in [6, 6.07) is 36.9. The highest BCUT2D eigenvalue weighted by molar-refractivity contribution is 6.10. The van der Waals surface area contributed by atoms with E-state index >= 15 is 0 Å². The van der Waals surface area contributed by atoms with Crippen LogP contribution in [0.5, 0.6) is 0 Å². The Balaban J connectivity index is 0.000000157. The molecule has 0 aliphatic carbocycles. The number of ether oxygens (including phenoxy) is 1. The highest BCUT2D eigenvalue weighted by atomic mass is 16.6. The molecule has 1 amide bonds. The second-order valence-electron chi connectivity index (χ2n) is 18.5. The number of amides is 1. The smallest absolute Gasteiger partial charge is 0.410 e. The van der Waals surface area contributed by atoms with Gasteiger partial charge in [0.25, 0.3) is 0 Å². The molecule has 16 nitrogen and oxygen atoms in total. The van der Waals surface area contributed by atoms with Gasteiger partial charge in [-0.05, 0) is 81.4 Å². The van der Waals surface area contributed by atoms with Crippen LogP contribution in [0.1, 0.15) is 20.8 Å². The molecule has 0 bridgehead atoms. The lowest BCUT2D eigenvalue weighted by Gasteiger charge is -2.36. The van der Waals surface area contributed by atoms with Crippen LogP contribution in [0.2, 0.25) is 0 Å². The Hall–Kier alpha value is -8.63. The monoisotopic (exact) mass is 942 g/mol. The molecule has 0 spiro atoms. The normalized spacial score (nSPS) is 14.2. The van der Waals surface area contributed by atoms with Gasteiger partial charge in [0, 0.05) is 122 Å². The van der Waals surface area contributed by atoms with Gasteiger partial charge in [-0.25, -0.2) is 24.7 Å². The zero-order valence-corrected chi connectivity index (χ0v) is 39.9. The van der Waals surface area contributed by atoms with Crippen LogP contribution < -0.4 is 25.8 Å². The third-order valence-corrected chi connectivity index (χ3v) is 12.7. The van der Waals surface area contributed by atoms with Crippen molar-refractivity contribution in [1.82, 2.24) is 49.3 Å². The van der Waals surface area contributed by atoms with Crippen molar-refractivity contribution in [3.05, 3.63) is 159 Å². The number of nitrogens with zero attached hydrogens (tertiary/aromatic N) is 11. The molecule has 8 aromatic heterocycles. The fourth-order valence-electron chi connectivity index (χ4n) is 9.32. The van der Waals surface area contributed by atoms with Gasteiger partial charge in [-0.3, -0.25) is 9.97 Å². The summed E-state index contributed by atoms with van der Waals surface area (Å²) in [5.41, 5.74) is 8.05. The first-order valence-corrected chi connectivity index (χ1v) is 24.0. The predicted molar refractivity (Wildman–Crippen MR) is 283 cm³/mol. The highest BCUT2D eigenvalue weighted by Crippen LogP contribution is 2.34. The molecule has 0 saturated carbocycles. The molecule has 2 fully saturated rings. The SMILES string of the molecule is CC(C)(C)OC(=O)N1CCN(c2ccc(Nc3cc4c(cn3)c3ccncc3n4-c3ccccc3)nc2)CC1.c1ccc(-n2c3cnccc3c3cnc(Nc4ccc(N5CCNCC5)cn4)cc32)cc1. The van der Waals surface area contributed by atoms with Crippen LogP contribution in [-0.2, 0) is 4.74 Å². The molecule has 0 atom stereocenters. The number of pyridine rings is 6. The standard InChI is InChI=1S/C30H31N7O2.C25H23N7/c1-30(2,3)39-29(38)36-15-13-35(14-16-36)22-9-10-27(32-18-22)34-28-17-25-24(19-33-28)23-11-12-31-20-26(23)37(25)21-7-5-4-6-8-21;1-2-4-18(5-3-1)32-22-14-25(29-16-21(22)20-8-9-27-17-23(20)32)30-24-7-6-19(15-28-24)31-12-10-26-11-13-31/h4-12,17-20H,13-16H2,1-3H3,(H,32,33,34);1-9,14-17,26H,10-13H2,(H,28,29,30). The molecule has 10 aromatic rings. The molecule has 3 N–H and O–H groups in total. The molecule has 71 heavy (non-hydrogen) atoms. The number of rotatable bonds is 8. The summed E-state index contributed by atoms with van der Waals surface area (Å²) in [6.07, 6.45) is 14.8. The third-order valence-electron chi connectivity index (χ3n) is 12.7. The quantitative estimate of drug-likeness (QED) is 0.132. The fourth-order valence-corrected chi connectivity index (χ4v) is 9.32. The fraction of sp³-hybridized carbons (Fsp3) is 0.218. The molecule has 356 valence electrons. The second-order valence-corrected chi connectivity index (χ2v) is 18.5. The first-order valence-electron chi connectivity index (χ1n) is 24.0. The Morgan fingerprint density at radius 3 is 1.41 bits per heavy atom. The number of hydrogen-bond donors (Lipinski definition) is 3. The Morgan fingerprint density at radius 2 is 0.958 bits per heavy atom. The van der Waals surface area contributed by atoms with Crippen molar-refractivity contribution in [3.8, 4) is 11.4 Å². The summed E-state index contributed by atoms with van der Waals surface area (Å²) in [6.45, 7) is 12.4. The molecule has 0 unspecified atom stereocenters. The Labute approximate surface area is 411 Å². The van der Waals surface area contributed by atoms with Crippen molar-refractivity contribution < 1.29 is 9.53 Å². The lowest BCUT2D eigenvalue weighted by atomic mass is 10.2. The van der Waals surface area contributed by atoms with Gasteiger partial charge < -0.3 is 44.5 Å². The number of hydrogen-bond acceptors (Lipinski definition) is 13. The van der Waals surface area contributed by atoms with Crippen LogP contribution in [0.3, 0.4) is 0 Å². The first kappa shape index (κ1) is 44.9. The summed E-state index contributed by atoms with van der Waals surface area (Å²) >= 11 is 0. The minimum atomic E-state index is -0.490. The van der Waals surface area contributed by atoms with Gasteiger partial charge in [0.2, 0.25) is 0 Å². The maximum atomic E-state index is 12.4. The van der Waals surface area contributed by atoms with Gasteiger partial charge in [-0.2, -0.15) is 0 Å². The van der Waals surface area contributed by atoms with Gasteiger partial charge in [-0.15, -0.1) is 0 Å². The van der Waals surface area contributed by atoms with Gasteiger partial charge in [0.15, 0.2) is 0 Å². The molecule has 2 aromatic carbocycles. The molecule has 16 heteroatoms. The maximum absolute atomic E-state index is 12.4. The molecule has 10 heterocycles. The summed E-state index contributed by atoms with van der Waals surface area (Å²) in [4.78, 5) is 46.0. The van der Waals surface area contributed by atoms with E-state index in [0.717, 1.165) is 117 Å². The van der Waals surface area contributed by atoms with Gasteiger partial charge >= 0.3 is 6.09 Å². The van der Waals surface area contributed by atoms with Gasteiger partial charge in [-0.1, -0.05) is 36.4 Å². The van der Waals surface area contributed by atoms with Crippen LogP contribution in [-0.4, -0.2) is 108 Å². The Morgan fingerprint density at radius 1 is 0.493 bits per heavy atom. The summed E-state index contributed by atoms with van der Waals surface area (Å²) in [5.74, 6) is 2.95. The topological polar surface area (TPSA) is 159 Å². The second kappa shape index (κ2) is 19.4. The zero-order chi connectivity index (χ0) is 48.3. The number of carbonyl (C=O) groups is 1. The highest BCUT2D eigenvalue weighted by Gasteiger charge is 2.26. The summed E-state index contributed by atoms with van der Waals surface area (Å²) in [7, 11) is 0. The van der Waals surface area contributed by atoms with Crippen molar-refractivity contribution in [3.63, 3.8) is 0 Å². The van der Waals surface area contributed by atoms with Crippen LogP contribution in [0, 0.1) is 0 Å². The van der Waals surface area contributed by atoms with Gasteiger partial charge in [0.05, 0.1) is 58.2 Å². The number of anilines is 6. The Bertz CT molecular complexity index is 3450. The number of carbonyl (C=O) groups excluding carboxylic acids is 1.